The largest absolute Gasteiger partial charge is 0.341 e. The summed E-state index contributed by atoms with van der Waals surface area (Å²) in [6.07, 6.45) is 11.0. The molecule has 0 unspecified atom stereocenters. The zero-order valence-electron chi connectivity index (χ0n) is 11.3. The zero-order valence-corrected chi connectivity index (χ0v) is 11.3. The number of nitrogens with one attached hydrogen (secondary N) is 1. The van der Waals surface area contributed by atoms with Crippen molar-refractivity contribution in [2.75, 3.05) is 18.0 Å². The number of piperidine rings is 1. The number of aromatic nitrogens is 4. The molecule has 6 heteroatoms. The highest BCUT2D eigenvalue weighted by Gasteiger charge is 2.20. The standard InChI is InChI=1S/C14H18N6/c1-4-17-14(18-5-1)20-8-2-12(3-9-20)19-11-13-10-15-6-7-16-13/h1,4-7,10,12,19H,2-3,8-9,11H2. The average Bonchev–Trinajstić information content (AvgIpc) is 2.55. The summed E-state index contributed by atoms with van der Waals surface area (Å²) in [6, 6.07) is 2.37. The van der Waals surface area contributed by atoms with Crippen LogP contribution in [0.5, 0.6) is 0 Å². The number of rotatable bonds is 4. The van der Waals surface area contributed by atoms with Crippen molar-refractivity contribution in [1.82, 2.24) is 25.3 Å². The van der Waals surface area contributed by atoms with Crippen molar-refractivity contribution in [3.63, 3.8) is 0 Å². The van der Waals surface area contributed by atoms with E-state index in [-0.39, 0.29) is 0 Å². The van der Waals surface area contributed by atoms with Crippen LogP contribution in [0.2, 0.25) is 0 Å². The van der Waals surface area contributed by atoms with Gasteiger partial charge < -0.3 is 10.2 Å². The first-order valence-electron chi connectivity index (χ1n) is 6.92. The molecule has 1 aliphatic heterocycles. The van der Waals surface area contributed by atoms with Gasteiger partial charge in [0.25, 0.3) is 0 Å². The molecule has 1 N–H and O–H groups in total. The van der Waals surface area contributed by atoms with Gasteiger partial charge >= 0.3 is 0 Å². The summed E-state index contributed by atoms with van der Waals surface area (Å²) in [4.78, 5) is 19.2. The quantitative estimate of drug-likeness (QED) is 0.895. The van der Waals surface area contributed by atoms with Crippen LogP contribution in [0.25, 0.3) is 0 Å². The van der Waals surface area contributed by atoms with E-state index in [1.165, 1.54) is 0 Å². The van der Waals surface area contributed by atoms with Gasteiger partial charge in [-0.1, -0.05) is 0 Å². The molecule has 6 nitrogen and oxygen atoms in total. The van der Waals surface area contributed by atoms with E-state index in [0.717, 1.165) is 44.1 Å². The lowest BCUT2D eigenvalue weighted by atomic mass is 10.1. The molecule has 0 aromatic carbocycles. The third kappa shape index (κ3) is 3.27. The summed E-state index contributed by atoms with van der Waals surface area (Å²) in [6.45, 7) is 2.75. The Hall–Kier alpha value is -2.08. The van der Waals surface area contributed by atoms with Gasteiger partial charge in [0.2, 0.25) is 5.95 Å². The molecule has 0 radical (unpaired) electrons. The highest BCUT2D eigenvalue weighted by molar-refractivity contribution is 5.29. The second kappa shape index (κ2) is 6.38. The molecule has 0 spiro atoms. The maximum absolute atomic E-state index is 4.30. The minimum Gasteiger partial charge on any atom is -0.341 e. The van der Waals surface area contributed by atoms with E-state index in [1.54, 1.807) is 31.0 Å². The van der Waals surface area contributed by atoms with Gasteiger partial charge in [0.15, 0.2) is 0 Å². The van der Waals surface area contributed by atoms with Crippen LogP contribution in [0, 0.1) is 0 Å². The molecule has 0 bridgehead atoms. The number of nitrogens with zero attached hydrogens (tertiary/aromatic N) is 5. The van der Waals surface area contributed by atoms with E-state index in [0.29, 0.717) is 6.04 Å². The Bertz CT molecular complexity index is 510. The predicted octanol–water partition coefficient (Wildman–Crippen LogP) is 1.03. The van der Waals surface area contributed by atoms with Crippen molar-refractivity contribution in [3.8, 4) is 0 Å². The average molecular weight is 270 g/mol. The molecule has 1 aliphatic rings. The van der Waals surface area contributed by atoms with E-state index >= 15 is 0 Å². The van der Waals surface area contributed by atoms with Crippen LogP contribution in [-0.4, -0.2) is 39.1 Å². The highest BCUT2D eigenvalue weighted by Crippen LogP contribution is 2.15. The van der Waals surface area contributed by atoms with Crippen molar-refractivity contribution in [2.24, 2.45) is 0 Å². The van der Waals surface area contributed by atoms with E-state index in [1.807, 2.05) is 6.07 Å². The van der Waals surface area contributed by atoms with E-state index in [4.69, 9.17) is 0 Å². The molecule has 0 aliphatic carbocycles. The van der Waals surface area contributed by atoms with Gasteiger partial charge in [-0.3, -0.25) is 9.97 Å². The van der Waals surface area contributed by atoms with Crippen molar-refractivity contribution in [1.29, 1.82) is 0 Å². The molecule has 2 aromatic heterocycles. The summed E-state index contributed by atoms with van der Waals surface area (Å²) in [5.41, 5.74) is 0.987. The second-order valence-corrected chi connectivity index (χ2v) is 4.89. The van der Waals surface area contributed by atoms with Crippen molar-refractivity contribution in [2.45, 2.75) is 25.4 Å². The van der Waals surface area contributed by atoms with Crippen LogP contribution in [0.1, 0.15) is 18.5 Å². The van der Waals surface area contributed by atoms with Crippen LogP contribution < -0.4 is 10.2 Å². The third-order valence-corrected chi connectivity index (χ3v) is 3.52. The van der Waals surface area contributed by atoms with Gasteiger partial charge in [0.1, 0.15) is 0 Å². The lowest BCUT2D eigenvalue weighted by Crippen LogP contribution is -2.43. The second-order valence-electron chi connectivity index (χ2n) is 4.89. The van der Waals surface area contributed by atoms with Gasteiger partial charge in [0, 0.05) is 56.7 Å². The van der Waals surface area contributed by atoms with Gasteiger partial charge in [0.05, 0.1) is 5.69 Å². The molecular formula is C14H18N6. The fourth-order valence-corrected chi connectivity index (χ4v) is 2.41. The third-order valence-electron chi connectivity index (χ3n) is 3.52. The predicted molar refractivity (Wildman–Crippen MR) is 76.1 cm³/mol. The first-order chi connectivity index (χ1) is 9.92. The lowest BCUT2D eigenvalue weighted by Gasteiger charge is -2.32. The normalized spacial score (nSPS) is 16.3. The maximum atomic E-state index is 4.30. The Morgan fingerprint density at radius 1 is 1.05 bits per heavy atom. The summed E-state index contributed by atoms with van der Waals surface area (Å²) < 4.78 is 0. The number of hydrogen-bond acceptors (Lipinski definition) is 6. The molecule has 3 rings (SSSR count). The highest BCUT2D eigenvalue weighted by atomic mass is 15.3. The van der Waals surface area contributed by atoms with Gasteiger partial charge in [-0.15, -0.1) is 0 Å². The van der Waals surface area contributed by atoms with Crippen LogP contribution in [0.15, 0.2) is 37.1 Å². The van der Waals surface area contributed by atoms with Gasteiger partial charge in [-0.2, -0.15) is 0 Å². The molecule has 3 heterocycles. The molecule has 1 saturated heterocycles. The molecule has 0 atom stereocenters. The monoisotopic (exact) mass is 270 g/mol. The van der Waals surface area contributed by atoms with Crippen molar-refractivity contribution in [3.05, 3.63) is 42.7 Å². The summed E-state index contributed by atoms with van der Waals surface area (Å²) in [5.74, 6) is 0.833. The Labute approximate surface area is 118 Å². The summed E-state index contributed by atoms with van der Waals surface area (Å²) in [5, 5.41) is 3.54. The first-order valence-corrected chi connectivity index (χ1v) is 6.92. The minimum absolute atomic E-state index is 0.525. The maximum Gasteiger partial charge on any atom is 0.225 e. The molecule has 1 fully saturated rings. The van der Waals surface area contributed by atoms with Gasteiger partial charge in [-0.25, -0.2) is 9.97 Å². The molecule has 104 valence electrons. The molecule has 20 heavy (non-hydrogen) atoms. The van der Waals surface area contributed by atoms with Gasteiger partial charge in [-0.05, 0) is 18.9 Å². The molecule has 2 aromatic rings. The fourth-order valence-electron chi connectivity index (χ4n) is 2.41. The first kappa shape index (κ1) is 12.9. The number of anilines is 1. The van der Waals surface area contributed by atoms with Crippen LogP contribution >= 0.6 is 0 Å². The van der Waals surface area contributed by atoms with E-state index in [2.05, 4.69) is 30.2 Å². The Kier molecular flexibility index (Phi) is 4.13. The Morgan fingerprint density at radius 3 is 2.55 bits per heavy atom. The minimum atomic E-state index is 0.525. The summed E-state index contributed by atoms with van der Waals surface area (Å²) >= 11 is 0. The SMILES string of the molecule is c1cnc(N2CCC(NCc3cnccn3)CC2)nc1. The fraction of sp³-hybridized carbons (Fsp3) is 0.429. The number of hydrogen-bond donors (Lipinski definition) is 1. The molecule has 0 amide bonds. The Balaban J connectivity index is 1.47. The van der Waals surface area contributed by atoms with E-state index in [9.17, 15) is 0 Å². The molecule has 0 saturated carbocycles. The van der Waals surface area contributed by atoms with Crippen LogP contribution in [0.4, 0.5) is 5.95 Å². The zero-order chi connectivity index (χ0) is 13.6. The van der Waals surface area contributed by atoms with Crippen LogP contribution in [-0.2, 0) is 6.54 Å². The lowest BCUT2D eigenvalue weighted by molar-refractivity contribution is 0.409. The van der Waals surface area contributed by atoms with Crippen LogP contribution in [0.3, 0.4) is 0 Å². The summed E-state index contributed by atoms with van der Waals surface area (Å²) in [7, 11) is 0. The topological polar surface area (TPSA) is 66.8 Å². The van der Waals surface area contributed by atoms with Crippen molar-refractivity contribution >= 4 is 5.95 Å². The Morgan fingerprint density at radius 2 is 1.85 bits per heavy atom. The van der Waals surface area contributed by atoms with Crippen molar-refractivity contribution < 1.29 is 0 Å². The smallest absolute Gasteiger partial charge is 0.225 e. The van der Waals surface area contributed by atoms with E-state index < -0.39 is 0 Å². The molecular weight excluding hydrogens is 252 g/mol.